The van der Waals surface area contributed by atoms with Gasteiger partial charge in [0.2, 0.25) is 10.0 Å². The van der Waals surface area contributed by atoms with E-state index in [-0.39, 0.29) is 28.2 Å². The van der Waals surface area contributed by atoms with Gasteiger partial charge >= 0.3 is 0 Å². The molecule has 3 rings (SSSR count). The second kappa shape index (κ2) is 10.3. The van der Waals surface area contributed by atoms with Crippen molar-refractivity contribution in [2.45, 2.75) is 77.0 Å². The highest BCUT2D eigenvalue weighted by Crippen LogP contribution is 2.35. The van der Waals surface area contributed by atoms with Gasteiger partial charge in [-0.25, -0.2) is 8.42 Å². The minimum atomic E-state index is -3.51. The average Bonchev–Trinajstić information content (AvgIpc) is 2.77. The summed E-state index contributed by atoms with van der Waals surface area (Å²) < 4.78 is 33.3. The number of anilines is 1. The maximum absolute atomic E-state index is 12.9. The van der Waals surface area contributed by atoms with Crippen molar-refractivity contribution in [2.75, 3.05) is 25.0 Å². The number of nitrogens with zero attached hydrogens (tertiary/aromatic N) is 1. The van der Waals surface area contributed by atoms with Crippen LogP contribution < -0.4 is 10.1 Å². The van der Waals surface area contributed by atoms with Crippen molar-refractivity contribution in [1.29, 1.82) is 0 Å². The van der Waals surface area contributed by atoms with Gasteiger partial charge in [0.15, 0.2) is 6.61 Å². The quantitative estimate of drug-likeness (QED) is 0.550. The van der Waals surface area contributed by atoms with Gasteiger partial charge in [-0.2, -0.15) is 4.31 Å². The third-order valence-corrected chi connectivity index (χ3v) is 8.44. The molecule has 6 nitrogen and oxygen atoms in total. The molecule has 0 bridgehead atoms. The van der Waals surface area contributed by atoms with E-state index < -0.39 is 10.0 Å². The lowest BCUT2D eigenvalue weighted by Gasteiger charge is -2.29. The number of rotatable bonds is 6. The molecule has 0 aromatic heterocycles. The van der Waals surface area contributed by atoms with Crippen molar-refractivity contribution >= 4 is 21.6 Å². The van der Waals surface area contributed by atoms with E-state index in [1.165, 1.54) is 5.56 Å². The fraction of sp³-hybridized carbons (Fsp3) is 0.536. The lowest BCUT2D eigenvalue weighted by Crippen LogP contribution is -2.37. The first-order valence-electron chi connectivity index (χ1n) is 12.4. The van der Waals surface area contributed by atoms with Crippen LogP contribution in [0.1, 0.15) is 72.4 Å². The van der Waals surface area contributed by atoms with E-state index in [9.17, 15) is 13.2 Å². The molecule has 1 N–H and O–H groups in total. The SMILES string of the molecule is CC1CCN(S(=O)(=O)c2ccc(NC(=O)COc3ccc(C(C)(C)C)cc3C(C)(C)C)cc2)CC1. The van der Waals surface area contributed by atoms with Crippen molar-refractivity contribution in [3.8, 4) is 5.75 Å². The minimum absolute atomic E-state index is 0.0158. The van der Waals surface area contributed by atoms with Crippen LogP contribution in [0.25, 0.3) is 0 Å². The molecule has 1 aliphatic rings. The molecule has 192 valence electrons. The van der Waals surface area contributed by atoms with Crippen molar-refractivity contribution in [3.63, 3.8) is 0 Å². The van der Waals surface area contributed by atoms with Gasteiger partial charge < -0.3 is 10.1 Å². The average molecular weight is 501 g/mol. The number of carbonyl (C=O) groups excluding carboxylic acids is 1. The molecule has 1 amide bonds. The number of sulfonamides is 1. The normalized spacial score (nSPS) is 16.2. The molecule has 0 unspecified atom stereocenters. The van der Waals surface area contributed by atoms with E-state index in [2.05, 4.69) is 59.8 Å². The number of piperidine rings is 1. The van der Waals surface area contributed by atoms with E-state index in [0.29, 0.717) is 30.4 Å². The van der Waals surface area contributed by atoms with E-state index in [1.54, 1.807) is 28.6 Å². The molecule has 0 spiro atoms. The second-order valence-electron chi connectivity index (χ2n) is 11.7. The van der Waals surface area contributed by atoms with Crippen LogP contribution in [0.3, 0.4) is 0 Å². The topological polar surface area (TPSA) is 75.7 Å². The van der Waals surface area contributed by atoms with Crippen LogP contribution in [-0.4, -0.2) is 38.3 Å². The first kappa shape index (κ1) is 27.2. The van der Waals surface area contributed by atoms with Crippen LogP contribution in [0.4, 0.5) is 5.69 Å². The number of ether oxygens (including phenoxy) is 1. The van der Waals surface area contributed by atoms with Gasteiger partial charge in [-0.15, -0.1) is 0 Å². The molecule has 7 heteroatoms. The number of hydrogen-bond donors (Lipinski definition) is 1. The van der Waals surface area contributed by atoms with E-state index >= 15 is 0 Å². The lowest BCUT2D eigenvalue weighted by atomic mass is 9.80. The van der Waals surface area contributed by atoms with Gasteiger partial charge in [-0.05, 0) is 71.0 Å². The van der Waals surface area contributed by atoms with Crippen LogP contribution >= 0.6 is 0 Å². The number of nitrogens with one attached hydrogen (secondary N) is 1. The predicted octanol–water partition coefficient (Wildman–Crippen LogP) is 5.72. The van der Waals surface area contributed by atoms with Crippen LogP contribution in [0.2, 0.25) is 0 Å². The van der Waals surface area contributed by atoms with Crippen LogP contribution in [0, 0.1) is 5.92 Å². The van der Waals surface area contributed by atoms with Gasteiger partial charge in [0.05, 0.1) is 4.90 Å². The van der Waals surface area contributed by atoms with Crippen molar-refractivity contribution < 1.29 is 17.9 Å². The summed E-state index contributed by atoms with van der Waals surface area (Å²) in [6.07, 6.45) is 1.76. The van der Waals surface area contributed by atoms with E-state index in [1.807, 2.05) is 12.1 Å². The highest BCUT2D eigenvalue weighted by atomic mass is 32.2. The van der Waals surface area contributed by atoms with Gasteiger partial charge in [0.1, 0.15) is 5.75 Å². The Hall–Kier alpha value is -2.38. The molecule has 1 fully saturated rings. The predicted molar refractivity (Wildman–Crippen MR) is 142 cm³/mol. The molecule has 0 atom stereocenters. The summed E-state index contributed by atoms with van der Waals surface area (Å²) in [4.78, 5) is 12.8. The van der Waals surface area contributed by atoms with Gasteiger partial charge in [0.25, 0.3) is 5.91 Å². The zero-order valence-corrected chi connectivity index (χ0v) is 23.0. The fourth-order valence-electron chi connectivity index (χ4n) is 4.13. The van der Waals surface area contributed by atoms with Gasteiger partial charge in [-0.3, -0.25) is 4.79 Å². The summed E-state index contributed by atoms with van der Waals surface area (Å²) in [5.41, 5.74) is 2.68. The molecule has 1 saturated heterocycles. The largest absolute Gasteiger partial charge is 0.483 e. The Morgan fingerprint density at radius 2 is 1.57 bits per heavy atom. The number of benzene rings is 2. The van der Waals surface area contributed by atoms with Crippen molar-refractivity contribution in [3.05, 3.63) is 53.6 Å². The van der Waals surface area contributed by atoms with Crippen molar-refractivity contribution in [2.24, 2.45) is 5.92 Å². The first-order valence-corrected chi connectivity index (χ1v) is 13.8. The molecule has 35 heavy (non-hydrogen) atoms. The lowest BCUT2D eigenvalue weighted by molar-refractivity contribution is -0.118. The molecular formula is C28H40N2O4S. The Morgan fingerprint density at radius 1 is 0.971 bits per heavy atom. The Labute approximate surface area is 211 Å². The smallest absolute Gasteiger partial charge is 0.262 e. The van der Waals surface area contributed by atoms with E-state index in [4.69, 9.17) is 4.74 Å². The summed E-state index contributed by atoms with van der Waals surface area (Å²) >= 11 is 0. The number of carbonyl (C=O) groups is 1. The second-order valence-corrected chi connectivity index (χ2v) is 13.6. The maximum Gasteiger partial charge on any atom is 0.262 e. The molecule has 0 saturated carbocycles. The monoisotopic (exact) mass is 500 g/mol. The Bertz CT molecular complexity index is 1130. The highest BCUT2D eigenvalue weighted by Gasteiger charge is 2.28. The molecule has 0 aliphatic carbocycles. The number of hydrogen-bond acceptors (Lipinski definition) is 4. The third kappa shape index (κ3) is 6.85. The van der Waals surface area contributed by atoms with Crippen LogP contribution in [0.15, 0.2) is 47.4 Å². The molecule has 2 aromatic rings. The van der Waals surface area contributed by atoms with E-state index in [0.717, 1.165) is 18.4 Å². The fourth-order valence-corrected chi connectivity index (χ4v) is 5.60. The van der Waals surface area contributed by atoms with Gasteiger partial charge in [0, 0.05) is 18.8 Å². The Morgan fingerprint density at radius 3 is 2.11 bits per heavy atom. The first-order chi connectivity index (χ1) is 16.2. The molecule has 1 aliphatic heterocycles. The maximum atomic E-state index is 12.9. The zero-order chi connectivity index (χ0) is 26.0. The standard InChI is InChI=1S/C28H40N2O4S/c1-20-14-16-30(17-15-20)35(32,33)23-11-9-22(10-12-23)29-26(31)19-34-25-13-8-21(27(2,3)4)18-24(25)28(5,6)7/h8-13,18,20H,14-17,19H2,1-7H3,(H,29,31). The van der Waals surface area contributed by atoms with Crippen LogP contribution in [-0.2, 0) is 25.6 Å². The molecule has 2 aromatic carbocycles. The minimum Gasteiger partial charge on any atom is -0.483 e. The zero-order valence-electron chi connectivity index (χ0n) is 22.1. The molecular weight excluding hydrogens is 460 g/mol. The molecule has 1 heterocycles. The number of amides is 1. The molecule has 0 radical (unpaired) electrons. The summed E-state index contributed by atoms with van der Waals surface area (Å²) in [6, 6.07) is 12.5. The summed E-state index contributed by atoms with van der Waals surface area (Å²) in [5.74, 6) is 0.945. The Balaban J connectivity index is 1.64. The van der Waals surface area contributed by atoms with Crippen molar-refractivity contribution in [1.82, 2.24) is 4.31 Å². The van der Waals surface area contributed by atoms with Gasteiger partial charge in [-0.1, -0.05) is 60.6 Å². The summed E-state index contributed by atoms with van der Waals surface area (Å²) in [7, 11) is -3.51. The Kier molecular flexibility index (Phi) is 8.02. The van der Waals surface area contributed by atoms with Crippen LogP contribution in [0.5, 0.6) is 5.75 Å². The summed E-state index contributed by atoms with van der Waals surface area (Å²) in [6.45, 7) is 16.0. The third-order valence-electron chi connectivity index (χ3n) is 6.53. The summed E-state index contributed by atoms with van der Waals surface area (Å²) in [5, 5.41) is 2.80. The highest BCUT2D eigenvalue weighted by molar-refractivity contribution is 7.89.